The molecule has 0 spiro atoms. The number of hydrogen-bond donors (Lipinski definition) is 1. The van der Waals surface area contributed by atoms with Crippen LogP contribution >= 0.6 is 11.8 Å². The van der Waals surface area contributed by atoms with Crippen LogP contribution in [0.1, 0.15) is 49.8 Å². The van der Waals surface area contributed by atoms with Crippen LogP contribution in [-0.4, -0.2) is 50.7 Å². The number of urea groups is 1. The number of benzene rings is 3. The zero-order valence-electron chi connectivity index (χ0n) is 25.5. The highest BCUT2D eigenvalue weighted by molar-refractivity contribution is 8.14. The number of amidine groups is 1. The maximum atomic E-state index is 12.9. The predicted octanol–water partition coefficient (Wildman–Crippen LogP) is 7.90. The summed E-state index contributed by atoms with van der Waals surface area (Å²) in [6, 6.07) is 19.1. The smallest absolute Gasteiger partial charge is 0.406 e. The van der Waals surface area contributed by atoms with Crippen molar-refractivity contribution in [3.63, 3.8) is 0 Å². The van der Waals surface area contributed by atoms with Gasteiger partial charge in [-0.2, -0.15) is 4.99 Å². The van der Waals surface area contributed by atoms with Gasteiger partial charge in [0, 0.05) is 29.6 Å². The zero-order chi connectivity index (χ0) is 32.1. The van der Waals surface area contributed by atoms with Crippen LogP contribution in [-0.2, 0) is 6.42 Å². The van der Waals surface area contributed by atoms with Crippen molar-refractivity contribution in [2.24, 2.45) is 4.99 Å². The SMILES string of the molecule is Cc1cccc(N2CCS/C2=N\C(=O)NC(C)CCc2ccc(-c3ncn(-c4ccc(OC(F)(F)F)cc4)n3)cc2)c1C(C)C. The fourth-order valence-electron chi connectivity index (χ4n) is 5.30. The van der Waals surface area contributed by atoms with Gasteiger partial charge in [0.05, 0.1) is 5.69 Å². The second-order valence-electron chi connectivity index (χ2n) is 11.2. The Morgan fingerprint density at radius 2 is 1.80 bits per heavy atom. The number of aliphatic imine (C=N–C) groups is 1. The van der Waals surface area contributed by atoms with E-state index < -0.39 is 6.36 Å². The summed E-state index contributed by atoms with van der Waals surface area (Å²) in [5.74, 6) is 1.43. The van der Waals surface area contributed by atoms with Gasteiger partial charge in [-0.3, -0.25) is 0 Å². The Morgan fingerprint density at radius 3 is 2.49 bits per heavy atom. The van der Waals surface area contributed by atoms with Crippen molar-refractivity contribution in [2.45, 2.75) is 58.9 Å². The maximum absolute atomic E-state index is 12.9. The number of aryl methyl sites for hydroxylation is 2. The summed E-state index contributed by atoms with van der Waals surface area (Å²) >= 11 is 1.60. The first-order chi connectivity index (χ1) is 21.5. The van der Waals surface area contributed by atoms with E-state index in [-0.39, 0.29) is 17.8 Å². The molecule has 1 saturated heterocycles. The van der Waals surface area contributed by atoms with Gasteiger partial charge < -0.3 is 15.0 Å². The first-order valence-corrected chi connectivity index (χ1v) is 15.7. The Hall–Kier alpha value is -4.32. The predicted molar refractivity (Wildman–Crippen MR) is 172 cm³/mol. The second kappa shape index (κ2) is 13.8. The van der Waals surface area contributed by atoms with Crippen LogP contribution in [0.2, 0.25) is 0 Å². The van der Waals surface area contributed by atoms with Crippen LogP contribution in [0.25, 0.3) is 17.1 Å². The number of carbonyl (C=O) groups is 1. The van der Waals surface area contributed by atoms with Gasteiger partial charge in [0.1, 0.15) is 12.1 Å². The standard InChI is InChI=1S/C33H35F3N6O2S/c1-21(2)29-22(3)6-5-7-28(29)41-18-19-45-32(41)39-31(43)38-23(4)8-9-24-10-12-25(13-11-24)30-37-20-42(40-30)26-14-16-27(17-15-26)44-33(34,35)36/h5-7,10-17,20-21,23H,8-9,18-19H2,1-4H3,(H,38,43)/b39-32-. The average Bonchev–Trinajstić information content (AvgIpc) is 3.66. The van der Waals surface area contributed by atoms with E-state index in [1.807, 2.05) is 31.2 Å². The zero-order valence-corrected chi connectivity index (χ0v) is 26.3. The molecule has 236 valence electrons. The molecule has 0 aliphatic carbocycles. The minimum absolute atomic E-state index is 0.0724. The second-order valence-corrected chi connectivity index (χ2v) is 12.3. The quantitative estimate of drug-likeness (QED) is 0.201. The number of ether oxygens (including phenoxy) is 1. The van der Waals surface area contributed by atoms with Crippen molar-refractivity contribution < 1.29 is 22.7 Å². The summed E-state index contributed by atoms with van der Waals surface area (Å²) in [5, 5.41) is 8.20. The number of aromatic nitrogens is 3. The molecule has 12 heteroatoms. The molecular formula is C33H35F3N6O2S. The van der Waals surface area contributed by atoms with E-state index in [2.05, 4.69) is 69.0 Å². The number of thioether (sulfide) groups is 1. The van der Waals surface area contributed by atoms with Crippen molar-refractivity contribution in [3.05, 3.63) is 89.7 Å². The Balaban J connectivity index is 1.14. The Bertz CT molecular complexity index is 1650. The topological polar surface area (TPSA) is 84.6 Å². The summed E-state index contributed by atoms with van der Waals surface area (Å²) in [5.41, 5.74) is 6.10. The highest BCUT2D eigenvalue weighted by Crippen LogP contribution is 2.34. The van der Waals surface area contributed by atoms with Crippen LogP contribution < -0.4 is 15.0 Å². The number of rotatable bonds is 9. The summed E-state index contributed by atoms with van der Waals surface area (Å²) in [7, 11) is 0. The number of alkyl halides is 3. The molecule has 4 aromatic rings. The molecule has 3 aromatic carbocycles. The molecule has 0 saturated carbocycles. The van der Waals surface area contributed by atoms with Gasteiger partial charge >= 0.3 is 12.4 Å². The van der Waals surface area contributed by atoms with E-state index in [1.165, 1.54) is 46.4 Å². The number of carbonyl (C=O) groups excluding carboxylic acids is 1. The fourth-order valence-corrected chi connectivity index (χ4v) is 6.24. The number of nitrogens with zero attached hydrogens (tertiary/aromatic N) is 5. The molecule has 1 aliphatic heterocycles. The van der Waals surface area contributed by atoms with Crippen molar-refractivity contribution >= 4 is 28.6 Å². The maximum Gasteiger partial charge on any atom is 0.573 e. The lowest BCUT2D eigenvalue weighted by atomic mass is 9.95. The number of anilines is 1. The van der Waals surface area contributed by atoms with E-state index in [9.17, 15) is 18.0 Å². The lowest BCUT2D eigenvalue weighted by Gasteiger charge is -2.24. The molecule has 1 aromatic heterocycles. The van der Waals surface area contributed by atoms with Gasteiger partial charge in [0.2, 0.25) is 0 Å². The largest absolute Gasteiger partial charge is 0.573 e. The van der Waals surface area contributed by atoms with Gasteiger partial charge in [-0.05, 0) is 79.6 Å². The molecule has 1 N–H and O–H groups in total. The van der Waals surface area contributed by atoms with Crippen LogP contribution in [0.15, 0.2) is 78.0 Å². The lowest BCUT2D eigenvalue weighted by molar-refractivity contribution is -0.274. The Labute approximate surface area is 264 Å². The number of halogens is 3. The third-order valence-corrected chi connectivity index (χ3v) is 8.37. The Morgan fingerprint density at radius 1 is 1.07 bits per heavy atom. The first kappa shape index (κ1) is 32.1. The third-order valence-electron chi connectivity index (χ3n) is 7.42. The van der Waals surface area contributed by atoms with E-state index in [4.69, 9.17) is 0 Å². The minimum atomic E-state index is -4.74. The summed E-state index contributed by atoms with van der Waals surface area (Å²) in [6.07, 6.45) is -1.74. The van der Waals surface area contributed by atoms with E-state index >= 15 is 0 Å². The molecule has 2 heterocycles. The lowest BCUT2D eigenvalue weighted by Crippen LogP contribution is -2.33. The molecule has 1 atom stereocenters. The molecule has 45 heavy (non-hydrogen) atoms. The highest BCUT2D eigenvalue weighted by atomic mass is 32.2. The molecule has 2 amide bonds. The van der Waals surface area contributed by atoms with Crippen molar-refractivity contribution in [1.82, 2.24) is 20.1 Å². The summed E-state index contributed by atoms with van der Waals surface area (Å²) < 4.78 is 42.7. The number of hydrogen-bond acceptors (Lipinski definition) is 5. The highest BCUT2D eigenvalue weighted by Gasteiger charge is 2.31. The summed E-state index contributed by atoms with van der Waals surface area (Å²) in [6.45, 7) is 9.28. The molecule has 0 bridgehead atoms. The Kier molecular flexibility index (Phi) is 9.81. The molecular weight excluding hydrogens is 601 g/mol. The number of nitrogens with one attached hydrogen (secondary N) is 1. The minimum Gasteiger partial charge on any atom is -0.406 e. The van der Waals surface area contributed by atoms with Gasteiger partial charge in [-0.1, -0.05) is 62.0 Å². The molecule has 1 fully saturated rings. The van der Waals surface area contributed by atoms with Gasteiger partial charge in [0.25, 0.3) is 0 Å². The molecule has 5 rings (SSSR count). The van der Waals surface area contributed by atoms with Crippen molar-refractivity contribution in [3.8, 4) is 22.8 Å². The summed E-state index contributed by atoms with van der Waals surface area (Å²) in [4.78, 5) is 23.8. The van der Waals surface area contributed by atoms with Gasteiger partial charge in [-0.25, -0.2) is 14.5 Å². The van der Waals surface area contributed by atoms with Crippen LogP contribution in [0.5, 0.6) is 5.75 Å². The van der Waals surface area contributed by atoms with E-state index in [1.54, 1.807) is 11.8 Å². The van der Waals surface area contributed by atoms with Crippen LogP contribution in [0.4, 0.5) is 23.7 Å². The molecule has 8 nitrogen and oxygen atoms in total. The van der Waals surface area contributed by atoms with Crippen molar-refractivity contribution in [2.75, 3.05) is 17.2 Å². The van der Waals surface area contributed by atoms with E-state index in [0.29, 0.717) is 17.4 Å². The van der Waals surface area contributed by atoms with Crippen LogP contribution in [0, 0.1) is 6.92 Å². The van der Waals surface area contributed by atoms with E-state index in [0.717, 1.165) is 47.1 Å². The normalized spacial score (nSPS) is 15.1. The van der Waals surface area contributed by atoms with Crippen LogP contribution in [0.3, 0.4) is 0 Å². The monoisotopic (exact) mass is 636 g/mol. The molecule has 0 radical (unpaired) electrons. The fraction of sp³-hybridized carbons (Fsp3) is 0.333. The third kappa shape index (κ3) is 8.24. The number of amides is 2. The average molecular weight is 637 g/mol. The first-order valence-electron chi connectivity index (χ1n) is 14.7. The van der Waals surface area contributed by atoms with Gasteiger partial charge in [0.15, 0.2) is 11.0 Å². The molecule has 1 aliphatic rings. The molecule has 1 unspecified atom stereocenters. The van der Waals surface area contributed by atoms with Crippen molar-refractivity contribution in [1.29, 1.82) is 0 Å². The van der Waals surface area contributed by atoms with Gasteiger partial charge in [-0.15, -0.1) is 18.3 Å².